The number of carbonyl (C=O) groups is 3. The van der Waals surface area contributed by atoms with E-state index in [4.69, 9.17) is 18.9 Å². The van der Waals surface area contributed by atoms with Gasteiger partial charge in [-0.05, 0) is 44.9 Å². The minimum Gasteiger partial charge on any atom is -0.479 e. The van der Waals surface area contributed by atoms with E-state index in [0.717, 1.165) is 57.8 Å². The first-order valence-corrected chi connectivity index (χ1v) is 19.9. The number of allylic oxidation sites excluding steroid dienone is 4. The van der Waals surface area contributed by atoms with Crippen molar-refractivity contribution in [2.24, 2.45) is 0 Å². The Morgan fingerprint density at radius 1 is 0.608 bits per heavy atom. The average Bonchev–Trinajstić information content (AvgIpc) is 3.11. The van der Waals surface area contributed by atoms with E-state index in [2.05, 4.69) is 38.2 Å². The zero-order valence-corrected chi connectivity index (χ0v) is 31.6. The molecular formula is C40H70O11. The number of aliphatic carboxylic acids is 1. The van der Waals surface area contributed by atoms with Crippen molar-refractivity contribution in [3.05, 3.63) is 24.3 Å². The number of hydrogen-bond donors (Lipinski definition) is 4. The SMILES string of the molecule is CCCCCC/C=C\C/C=C\CCCCCCCC(=O)OCC(COC1OC(C(=O)O)C(O)C(O)C1O)OC(=O)CCCCCCCCCCC. The molecule has 0 saturated carbocycles. The zero-order valence-electron chi connectivity index (χ0n) is 31.6. The van der Waals surface area contributed by atoms with E-state index >= 15 is 0 Å². The Kier molecular flexibility index (Phi) is 28.6. The molecule has 0 aliphatic carbocycles. The Balaban J connectivity index is 2.41. The van der Waals surface area contributed by atoms with Crippen molar-refractivity contribution in [1.82, 2.24) is 0 Å². The number of aliphatic hydroxyl groups is 3. The maximum Gasteiger partial charge on any atom is 0.335 e. The first-order valence-electron chi connectivity index (χ1n) is 19.9. The molecule has 1 heterocycles. The molecule has 0 bridgehead atoms. The lowest BCUT2D eigenvalue weighted by Gasteiger charge is -2.38. The van der Waals surface area contributed by atoms with Gasteiger partial charge in [-0.15, -0.1) is 0 Å². The third kappa shape index (κ3) is 23.8. The van der Waals surface area contributed by atoms with E-state index in [1.807, 2.05) is 0 Å². The highest BCUT2D eigenvalue weighted by Gasteiger charge is 2.47. The normalized spacial score (nSPS) is 21.3. The molecule has 0 radical (unpaired) electrons. The minimum atomic E-state index is -1.86. The van der Waals surface area contributed by atoms with Gasteiger partial charge in [-0.3, -0.25) is 9.59 Å². The van der Waals surface area contributed by atoms with Crippen molar-refractivity contribution in [3.63, 3.8) is 0 Å². The molecule has 1 aliphatic heterocycles. The number of ether oxygens (including phenoxy) is 4. The largest absolute Gasteiger partial charge is 0.479 e. The van der Waals surface area contributed by atoms with E-state index in [1.165, 1.54) is 64.2 Å². The monoisotopic (exact) mass is 726 g/mol. The molecule has 0 aromatic heterocycles. The van der Waals surface area contributed by atoms with Crippen LogP contribution in [0.5, 0.6) is 0 Å². The number of rotatable bonds is 32. The van der Waals surface area contributed by atoms with Gasteiger partial charge in [0.05, 0.1) is 6.61 Å². The molecule has 1 aliphatic rings. The van der Waals surface area contributed by atoms with Crippen molar-refractivity contribution < 1.29 is 53.8 Å². The fraction of sp³-hybridized carbons (Fsp3) is 0.825. The molecule has 11 nitrogen and oxygen atoms in total. The van der Waals surface area contributed by atoms with Crippen molar-refractivity contribution in [2.75, 3.05) is 13.2 Å². The number of carboxylic acid groups (broad SMARTS) is 1. The molecule has 0 spiro atoms. The van der Waals surface area contributed by atoms with Crippen LogP contribution in [0, 0.1) is 0 Å². The highest BCUT2D eigenvalue weighted by Crippen LogP contribution is 2.23. The molecule has 1 rings (SSSR count). The number of hydrogen-bond acceptors (Lipinski definition) is 10. The third-order valence-corrected chi connectivity index (χ3v) is 9.05. The summed E-state index contributed by atoms with van der Waals surface area (Å²) in [5, 5.41) is 39.6. The third-order valence-electron chi connectivity index (χ3n) is 9.05. The summed E-state index contributed by atoms with van der Waals surface area (Å²) in [7, 11) is 0. The Hall–Kier alpha value is -2.31. The van der Waals surface area contributed by atoms with Gasteiger partial charge < -0.3 is 39.4 Å². The second-order valence-electron chi connectivity index (χ2n) is 13.8. The summed E-state index contributed by atoms with van der Waals surface area (Å²) in [4.78, 5) is 36.6. The van der Waals surface area contributed by atoms with E-state index in [-0.39, 0.29) is 19.4 Å². The summed E-state index contributed by atoms with van der Waals surface area (Å²) in [6, 6.07) is 0. The molecule has 0 aromatic rings. The Morgan fingerprint density at radius 3 is 1.65 bits per heavy atom. The first kappa shape index (κ1) is 46.7. The van der Waals surface area contributed by atoms with E-state index < -0.39 is 61.3 Å². The van der Waals surface area contributed by atoms with Gasteiger partial charge in [0.25, 0.3) is 0 Å². The maximum atomic E-state index is 12.6. The van der Waals surface area contributed by atoms with Gasteiger partial charge in [0, 0.05) is 12.8 Å². The van der Waals surface area contributed by atoms with Gasteiger partial charge in [0.2, 0.25) is 0 Å². The summed E-state index contributed by atoms with van der Waals surface area (Å²) >= 11 is 0. The molecular weight excluding hydrogens is 656 g/mol. The van der Waals surface area contributed by atoms with Crippen LogP contribution in [-0.4, -0.2) is 88.4 Å². The molecule has 1 fully saturated rings. The predicted molar refractivity (Wildman–Crippen MR) is 197 cm³/mol. The van der Waals surface area contributed by atoms with Crippen LogP contribution in [0.2, 0.25) is 0 Å². The fourth-order valence-electron chi connectivity index (χ4n) is 5.85. The van der Waals surface area contributed by atoms with E-state index in [0.29, 0.717) is 12.8 Å². The summed E-state index contributed by atoms with van der Waals surface area (Å²) in [6.07, 6.45) is 22.5. The van der Waals surface area contributed by atoms with Crippen LogP contribution in [0.3, 0.4) is 0 Å². The highest BCUT2D eigenvalue weighted by molar-refractivity contribution is 5.73. The molecule has 0 amide bonds. The minimum absolute atomic E-state index is 0.181. The Labute approximate surface area is 307 Å². The molecule has 11 heteroatoms. The summed E-state index contributed by atoms with van der Waals surface area (Å²) in [6.45, 7) is 3.73. The molecule has 4 N–H and O–H groups in total. The summed E-state index contributed by atoms with van der Waals surface area (Å²) in [5.74, 6) is -2.46. The summed E-state index contributed by atoms with van der Waals surface area (Å²) < 4.78 is 21.6. The number of carboxylic acids is 1. The van der Waals surface area contributed by atoms with Crippen LogP contribution in [-0.2, 0) is 33.3 Å². The molecule has 6 unspecified atom stereocenters. The quantitative estimate of drug-likeness (QED) is 0.0308. The smallest absolute Gasteiger partial charge is 0.335 e. The maximum absolute atomic E-state index is 12.6. The van der Waals surface area contributed by atoms with Crippen molar-refractivity contribution in [2.45, 2.75) is 198 Å². The number of unbranched alkanes of at least 4 members (excludes halogenated alkanes) is 17. The second-order valence-corrected chi connectivity index (χ2v) is 13.8. The van der Waals surface area contributed by atoms with Gasteiger partial charge >= 0.3 is 17.9 Å². The Bertz CT molecular complexity index is 953. The van der Waals surface area contributed by atoms with Crippen LogP contribution in [0.1, 0.15) is 162 Å². The second kappa shape index (κ2) is 31.2. The van der Waals surface area contributed by atoms with Gasteiger partial charge in [0.15, 0.2) is 18.5 Å². The van der Waals surface area contributed by atoms with Crippen molar-refractivity contribution in [1.29, 1.82) is 0 Å². The Morgan fingerprint density at radius 2 is 1.10 bits per heavy atom. The van der Waals surface area contributed by atoms with Gasteiger partial charge in [-0.1, -0.05) is 128 Å². The molecule has 51 heavy (non-hydrogen) atoms. The van der Waals surface area contributed by atoms with Crippen molar-refractivity contribution in [3.8, 4) is 0 Å². The zero-order chi connectivity index (χ0) is 37.5. The lowest BCUT2D eigenvalue weighted by Crippen LogP contribution is -2.60. The van der Waals surface area contributed by atoms with Crippen LogP contribution < -0.4 is 0 Å². The first-order chi connectivity index (χ1) is 24.7. The highest BCUT2D eigenvalue weighted by atomic mass is 16.7. The van der Waals surface area contributed by atoms with E-state index in [9.17, 15) is 34.8 Å². The van der Waals surface area contributed by atoms with Crippen LogP contribution in [0.25, 0.3) is 0 Å². The number of esters is 2. The van der Waals surface area contributed by atoms with Gasteiger partial charge in [-0.2, -0.15) is 0 Å². The molecule has 1 saturated heterocycles. The van der Waals surface area contributed by atoms with Crippen LogP contribution >= 0.6 is 0 Å². The van der Waals surface area contributed by atoms with E-state index in [1.54, 1.807) is 0 Å². The van der Waals surface area contributed by atoms with Crippen LogP contribution in [0.15, 0.2) is 24.3 Å². The predicted octanol–water partition coefficient (Wildman–Crippen LogP) is 7.47. The fourth-order valence-corrected chi connectivity index (χ4v) is 5.85. The molecule has 296 valence electrons. The summed E-state index contributed by atoms with van der Waals surface area (Å²) in [5.41, 5.74) is 0. The average molecular weight is 727 g/mol. The van der Waals surface area contributed by atoms with Crippen molar-refractivity contribution >= 4 is 17.9 Å². The number of carbonyl (C=O) groups excluding carboxylic acids is 2. The van der Waals surface area contributed by atoms with Crippen LogP contribution in [0.4, 0.5) is 0 Å². The lowest BCUT2D eigenvalue weighted by atomic mass is 9.99. The lowest BCUT2D eigenvalue weighted by molar-refractivity contribution is -0.298. The number of aliphatic hydroxyl groups excluding tert-OH is 3. The van der Waals surface area contributed by atoms with Gasteiger partial charge in [0.1, 0.15) is 24.9 Å². The molecule has 6 atom stereocenters. The topological polar surface area (TPSA) is 169 Å². The molecule has 0 aromatic carbocycles. The standard InChI is InChI=1S/C40H70O11/c1-3-5-7-9-11-13-14-15-16-17-18-19-21-22-24-26-28-33(41)48-30-32(50-34(42)29-27-25-23-20-12-10-8-6-4-2)31-49-40-37(45)35(43)36(44)38(51-40)39(46)47/h13-14,16-17,32,35-38,40,43-45H,3-12,15,18-31H2,1-2H3,(H,46,47)/b14-13-,17-16-. The van der Waals surface area contributed by atoms with Gasteiger partial charge in [-0.25, -0.2) is 4.79 Å².